The van der Waals surface area contributed by atoms with Gasteiger partial charge in [-0.15, -0.1) is 0 Å². The molecule has 0 bridgehead atoms. The number of nitrogens with zero attached hydrogens (tertiary/aromatic N) is 6. The fourth-order valence-corrected chi connectivity index (χ4v) is 17.4. The first-order valence-electron chi connectivity index (χ1n) is 47.4. The predicted octanol–water partition coefficient (Wildman–Crippen LogP) is 30.2. The predicted molar refractivity (Wildman–Crippen MR) is 570 cm³/mol. The molecule has 0 aliphatic carbocycles. The van der Waals surface area contributed by atoms with Crippen LogP contribution in [0.3, 0.4) is 0 Å². The first kappa shape index (κ1) is 98.3. The third-order valence-corrected chi connectivity index (χ3v) is 24.4. The van der Waals surface area contributed by atoms with Crippen molar-refractivity contribution in [3.63, 3.8) is 0 Å². The van der Waals surface area contributed by atoms with Crippen molar-refractivity contribution in [1.29, 1.82) is 0 Å². The van der Waals surface area contributed by atoms with E-state index in [-0.39, 0.29) is 30.3 Å². The topological polar surface area (TPSA) is 148 Å². The van der Waals surface area contributed by atoms with E-state index < -0.39 is 0 Å². The number of hydrogen-bond acceptors (Lipinski definition) is 12. The Morgan fingerprint density at radius 1 is 0.316 bits per heavy atom. The van der Waals surface area contributed by atoms with Gasteiger partial charge < -0.3 is 41.3 Å². The number of aryl methyl sites for hydroxylation is 6. The first-order chi connectivity index (χ1) is 66.0. The van der Waals surface area contributed by atoms with Crippen LogP contribution in [0, 0.1) is 41.5 Å². The van der Waals surface area contributed by atoms with Gasteiger partial charge in [0.1, 0.15) is 11.5 Å². The van der Waals surface area contributed by atoms with Gasteiger partial charge in [0.15, 0.2) is 12.4 Å². The second-order valence-electron chi connectivity index (χ2n) is 36.1. The Balaban J connectivity index is 0.000000144. The Morgan fingerprint density at radius 2 is 0.743 bits per heavy atom. The van der Waals surface area contributed by atoms with Crippen molar-refractivity contribution in [3.05, 3.63) is 507 Å². The highest BCUT2D eigenvalue weighted by molar-refractivity contribution is 5.79. The highest BCUT2D eigenvalue weighted by Crippen LogP contribution is 2.41. The number of pyridine rings is 5. The fraction of sp³-hybridized carbons (Fsp3) is 0.211. The largest absolute Gasteiger partial charge is 0.508 e. The standard InChI is InChI=1S/C30H24N2.C24H28N2O.C24H29N2.C23H27N3.C22H24N2O/c1-4-13-23(14-5-1)26-19-10-11-20-28(26)32-30(25-17-8-3-9-18-25)29-22-12-21-27(31-29)24-15-6-2-7-16-24;1-16(2)18-8-11-20(12-9-18)26-24(22-7-5-6-14-25-22)21-13-10-19(17(3)4)15-23(21)27;1-18(2)21-14-11-15-22(19(3)4)23(21)25-24(20-12-7-5-8-13-20)26-16-9-6-10-17-26;1-16-14-17(2)22(18(3)15-16)25-23(20-11-8-9-13-24-20)19-10-6-7-12-21(19)26(4)5;1-15-13-16(2)21(17(3)14-15)24-22(19-10-7-8-12-23-19)18-9-5-6-11-20(18)25-4/h1-22,30,32H;5-17,24,26-27H,1-4H3;5-19,24-25H,1-4H3;6-15,23,25H,1-5H3;5-14,22,24H,1-4H3/q;;+1;;. The summed E-state index contributed by atoms with van der Waals surface area (Å²) in [5, 5.41) is 29.4. The lowest BCUT2D eigenvalue weighted by Gasteiger charge is -2.27. The van der Waals surface area contributed by atoms with Gasteiger partial charge in [-0.2, -0.15) is 4.57 Å². The number of hydrogen-bond donors (Lipinski definition) is 6. The minimum absolute atomic E-state index is 0.0186. The van der Waals surface area contributed by atoms with Crippen LogP contribution in [0.2, 0.25) is 0 Å². The zero-order chi connectivity index (χ0) is 96.0. The Bertz CT molecular complexity index is 6460. The van der Waals surface area contributed by atoms with Gasteiger partial charge in [0.25, 0.3) is 6.17 Å². The summed E-state index contributed by atoms with van der Waals surface area (Å²) in [6.07, 6.45) is 9.77. The first-order valence-corrected chi connectivity index (χ1v) is 47.4. The summed E-state index contributed by atoms with van der Waals surface area (Å²) < 4.78 is 7.83. The van der Waals surface area contributed by atoms with Crippen LogP contribution in [0.5, 0.6) is 11.5 Å². The number of benzene rings is 12. The van der Waals surface area contributed by atoms with Gasteiger partial charge in [-0.1, -0.05) is 340 Å². The minimum atomic E-state index is -0.225. The van der Waals surface area contributed by atoms with Crippen LogP contribution < -0.4 is 40.8 Å². The maximum atomic E-state index is 10.7. The van der Waals surface area contributed by atoms with Crippen LogP contribution in [0.15, 0.2) is 401 Å². The zero-order valence-corrected chi connectivity index (χ0v) is 81.8. The van der Waals surface area contributed by atoms with E-state index in [0.29, 0.717) is 29.4 Å². The number of phenolic OH excluding ortho intramolecular Hbond substituents is 1. The lowest BCUT2D eigenvalue weighted by molar-refractivity contribution is -0.707. The van der Waals surface area contributed by atoms with Gasteiger partial charge in [-0.05, 0) is 206 Å². The summed E-state index contributed by atoms with van der Waals surface area (Å²) in [7, 11) is 5.87. The van der Waals surface area contributed by atoms with E-state index in [1.165, 1.54) is 95.0 Å². The number of nitrogens with one attached hydrogen (secondary N) is 5. The second-order valence-corrected chi connectivity index (χ2v) is 36.1. The van der Waals surface area contributed by atoms with Gasteiger partial charge >= 0.3 is 0 Å². The summed E-state index contributed by atoms with van der Waals surface area (Å²) in [4.78, 5) is 21.0. The lowest BCUT2D eigenvalue weighted by Crippen LogP contribution is -2.44. The highest BCUT2D eigenvalue weighted by Gasteiger charge is 2.28. The van der Waals surface area contributed by atoms with E-state index >= 15 is 0 Å². The molecule has 0 radical (unpaired) electrons. The lowest BCUT2D eigenvalue weighted by atomic mass is 9.92. The van der Waals surface area contributed by atoms with E-state index in [1.54, 1.807) is 13.3 Å². The summed E-state index contributed by atoms with van der Waals surface area (Å²) in [6, 6.07) is 127. The van der Waals surface area contributed by atoms with Gasteiger partial charge in [0.2, 0.25) is 0 Å². The molecule has 13 nitrogen and oxygen atoms in total. The molecule has 5 heterocycles. The van der Waals surface area contributed by atoms with Crippen LogP contribution >= 0.6 is 0 Å². The summed E-state index contributed by atoms with van der Waals surface area (Å²) in [5.74, 6) is 2.95. The molecular formula is C123H132N11O2+. The smallest absolute Gasteiger partial charge is 0.257 e. The maximum Gasteiger partial charge on any atom is 0.257 e. The molecule has 17 rings (SSSR count). The van der Waals surface area contributed by atoms with E-state index in [4.69, 9.17) is 9.72 Å². The SMILES string of the molecule is CC(C)c1ccc(NC(c2ccccn2)c2ccc(C(C)C)cc2O)cc1.CC(C)c1cccc(C(C)C)c1NC(c1ccccc1)[n+]1ccccc1.COc1ccccc1C(Nc1c(C)cc(C)cc1C)c1ccccn1.Cc1cc(C)c(NC(c2ccccn2)c2ccccc2N(C)C)c(C)c1.c1ccc(-c2cccc(C(Nc3ccccc3-c3ccccc3)c3ccccc3)n2)cc1. The summed E-state index contributed by atoms with van der Waals surface area (Å²) in [5.41, 5.74) is 33.4. The Hall–Kier alpha value is -15.2. The molecule has 0 spiro atoms. The average Bonchev–Trinajstić information content (AvgIpc) is 0.805. The van der Waals surface area contributed by atoms with Gasteiger partial charge in [0, 0.05) is 112 Å². The van der Waals surface area contributed by atoms with Gasteiger partial charge in [-0.3, -0.25) is 19.9 Å². The molecule has 0 amide bonds. The Kier molecular flexibility index (Phi) is 35.0. The molecule has 17 aromatic rings. The van der Waals surface area contributed by atoms with Crippen molar-refractivity contribution in [3.8, 4) is 33.9 Å². The molecule has 6 N–H and O–H groups in total. The number of rotatable bonds is 28. The highest BCUT2D eigenvalue weighted by atomic mass is 16.5. The summed E-state index contributed by atoms with van der Waals surface area (Å²) in [6.45, 7) is 30.5. The van der Waals surface area contributed by atoms with E-state index in [9.17, 15) is 5.11 Å². The molecule has 12 aromatic carbocycles. The molecule has 0 fully saturated rings. The minimum Gasteiger partial charge on any atom is -0.508 e. The van der Waals surface area contributed by atoms with Crippen LogP contribution in [-0.4, -0.2) is 46.2 Å². The fourth-order valence-electron chi connectivity index (χ4n) is 17.4. The molecule has 5 unspecified atom stereocenters. The number of aromatic hydroxyl groups is 1. The van der Waals surface area contributed by atoms with Crippen molar-refractivity contribution in [2.24, 2.45) is 0 Å². The van der Waals surface area contributed by atoms with Crippen molar-refractivity contribution in [2.45, 2.75) is 151 Å². The number of para-hydroxylation sites is 4. The number of ether oxygens (including phenoxy) is 1. The van der Waals surface area contributed by atoms with Crippen molar-refractivity contribution in [1.82, 2.24) is 19.9 Å². The van der Waals surface area contributed by atoms with Gasteiger partial charge in [0.05, 0.1) is 59.7 Å². The average molecular weight is 1800 g/mol. The molecule has 0 aliphatic rings. The summed E-state index contributed by atoms with van der Waals surface area (Å²) >= 11 is 0. The van der Waals surface area contributed by atoms with Crippen molar-refractivity contribution >= 4 is 34.1 Å². The Morgan fingerprint density at radius 3 is 1.24 bits per heavy atom. The van der Waals surface area contributed by atoms with Crippen LogP contribution in [0.25, 0.3) is 22.4 Å². The molecule has 13 heteroatoms. The second kappa shape index (κ2) is 48.4. The normalized spacial score (nSPS) is 12.0. The van der Waals surface area contributed by atoms with Crippen LogP contribution in [0.1, 0.15) is 216 Å². The van der Waals surface area contributed by atoms with Crippen molar-refractivity contribution < 1.29 is 14.4 Å². The molecule has 690 valence electrons. The third-order valence-electron chi connectivity index (χ3n) is 24.4. The van der Waals surface area contributed by atoms with E-state index in [1.807, 2.05) is 122 Å². The molecule has 136 heavy (non-hydrogen) atoms. The van der Waals surface area contributed by atoms with E-state index in [2.05, 4.69) is 435 Å². The number of anilines is 6. The molecule has 0 saturated heterocycles. The molecule has 5 atom stereocenters. The maximum absolute atomic E-state index is 10.7. The van der Waals surface area contributed by atoms with E-state index in [0.717, 1.165) is 73.5 Å². The zero-order valence-electron chi connectivity index (χ0n) is 81.8. The van der Waals surface area contributed by atoms with Crippen LogP contribution in [0.4, 0.5) is 34.1 Å². The molecule has 5 aromatic heterocycles. The molecule has 0 saturated carbocycles. The number of aromatic nitrogens is 5. The third kappa shape index (κ3) is 26.2. The Labute approximate surface area is 808 Å². The quantitative estimate of drug-likeness (QED) is 0.0259. The molecular weight excluding hydrogens is 1660 g/mol. The van der Waals surface area contributed by atoms with Crippen molar-refractivity contribution in [2.75, 3.05) is 52.7 Å². The van der Waals surface area contributed by atoms with Gasteiger partial charge in [-0.25, -0.2) is 0 Å². The number of methoxy groups -OCH3 is 1. The number of phenols is 1. The molecule has 0 aliphatic heterocycles. The van der Waals surface area contributed by atoms with Crippen LogP contribution in [-0.2, 0) is 0 Å². The monoisotopic (exact) mass is 1800 g/mol.